The Labute approximate surface area is 190 Å². The predicted molar refractivity (Wildman–Crippen MR) is 122 cm³/mol. The normalized spacial score (nSPS) is 20.0. The third-order valence-electron chi connectivity index (χ3n) is 5.82. The molecule has 7 nitrogen and oxygen atoms in total. The van der Waals surface area contributed by atoms with Gasteiger partial charge in [-0.1, -0.05) is 39.0 Å². The van der Waals surface area contributed by atoms with Gasteiger partial charge in [0.1, 0.15) is 31.0 Å². The van der Waals surface area contributed by atoms with Crippen molar-refractivity contribution < 1.29 is 25.2 Å². The van der Waals surface area contributed by atoms with Gasteiger partial charge in [-0.2, -0.15) is 0 Å². The molecule has 7 heteroatoms. The van der Waals surface area contributed by atoms with Crippen molar-refractivity contribution in [2.45, 2.75) is 51.7 Å². The number of rotatable bonds is 3. The van der Waals surface area contributed by atoms with Crippen LogP contribution in [0.25, 0.3) is 0 Å². The summed E-state index contributed by atoms with van der Waals surface area (Å²) < 4.78 is 17.4. The Kier molecular flexibility index (Phi) is 6.48. The van der Waals surface area contributed by atoms with Crippen LogP contribution in [0.5, 0.6) is 11.5 Å². The van der Waals surface area contributed by atoms with E-state index in [2.05, 4.69) is 32.2 Å². The third kappa shape index (κ3) is 4.79. The summed E-state index contributed by atoms with van der Waals surface area (Å²) in [5.41, 5.74) is 2.35. The number of ether oxygens (including phenoxy) is 3. The number of hydrogen-bond donors (Lipinski definition) is 1. The van der Waals surface area contributed by atoms with Crippen molar-refractivity contribution in [1.82, 2.24) is 10.2 Å². The summed E-state index contributed by atoms with van der Waals surface area (Å²) in [5, 5.41) is 2.72. The summed E-state index contributed by atoms with van der Waals surface area (Å²) in [6, 6.07) is 12.8. The van der Waals surface area contributed by atoms with Crippen molar-refractivity contribution in [1.29, 1.82) is 0 Å². The first-order valence-corrected chi connectivity index (χ1v) is 11.0. The molecule has 2 heterocycles. The predicted octanol–water partition coefficient (Wildman–Crippen LogP) is 4.21. The molecule has 4 rings (SSSR count). The molecule has 0 aliphatic carbocycles. The monoisotopic (exact) mass is 440 g/mol. The highest BCUT2D eigenvalue weighted by Crippen LogP contribution is 2.33. The molecule has 0 spiro atoms. The van der Waals surface area contributed by atoms with Gasteiger partial charge >= 0.3 is 0 Å². The zero-order valence-corrected chi connectivity index (χ0v) is 18.8. The van der Waals surface area contributed by atoms with E-state index in [1.54, 1.807) is 12.1 Å². The van der Waals surface area contributed by atoms with Crippen LogP contribution in [-0.2, 0) is 26.3 Å². The van der Waals surface area contributed by atoms with Crippen molar-refractivity contribution in [2.75, 3.05) is 20.1 Å². The molecule has 0 bridgehead atoms. The lowest BCUT2D eigenvalue weighted by Crippen LogP contribution is -2.51. The quantitative estimate of drug-likeness (QED) is 0.774. The van der Waals surface area contributed by atoms with Gasteiger partial charge in [0.15, 0.2) is 0 Å². The Bertz CT molecular complexity index is 1000. The fourth-order valence-electron chi connectivity index (χ4n) is 3.97. The van der Waals surface area contributed by atoms with Crippen LogP contribution in [0.1, 0.15) is 56.5 Å². The van der Waals surface area contributed by atoms with E-state index in [9.17, 15) is 9.59 Å². The second-order valence-corrected chi connectivity index (χ2v) is 9.17. The van der Waals surface area contributed by atoms with E-state index < -0.39 is 6.04 Å². The van der Waals surface area contributed by atoms with E-state index in [0.29, 0.717) is 42.1 Å². The van der Waals surface area contributed by atoms with Crippen LogP contribution in [0.2, 0.25) is 0 Å². The van der Waals surface area contributed by atoms with Crippen LogP contribution in [0.15, 0.2) is 42.5 Å². The highest BCUT2D eigenvalue weighted by Gasteiger charge is 2.34. The lowest BCUT2D eigenvalue weighted by atomic mass is 9.87. The van der Waals surface area contributed by atoms with Crippen molar-refractivity contribution in [3.8, 4) is 11.5 Å². The Morgan fingerprint density at radius 2 is 1.94 bits per heavy atom. The first-order valence-electron chi connectivity index (χ1n) is 11.0. The largest absolute Gasteiger partial charge is 0.457 e. The summed E-state index contributed by atoms with van der Waals surface area (Å²) in [5.74, 6) is 0.836. The number of carbonyl (C=O) groups is 2. The fourth-order valence-corrected chi connectivity index (χ4v) is 3.97. The number of amides is 2. The van der Waals surface area contributed by atoms with E-state index in [1.165, 1.54) is 4.90 Å². The van der Waals surface area contributed by atoms with Crippen molar-refractivity contribution in [3.63, 3.8) is 0 Å². The molecule has 2 aliphatic rings. The molecule has 1 fully saturated rings. The summed E-state index contributed by atoms with van der Waals surface area (Å²) in [4.78, 5) is 27.6. The van der Waals surface area contributed by atoms with Gasteiger partial charge in [-0.3, -0.25) is 9.59 Å². The van der Waals surface area contributed by atoms with E-state index in [-0.39, 0.29) is 38.7 Å². The second kappa shape index (κ2) is 9.30. The molecule has 1 saturated heterocycles. The standard InChI is InChI=1S/C25H30N2O5.H2/c1-25(2,3)17-7-4-8-18(13-17)32-22-11-5-9-19-20(22)14-31-16-27(24(19)29)21-10-6-12-30-15-26-23(21)28;/h4-5,7-9,11,13,21H,6,10,12,14-16H2,1-3H3,(H,26,28);1H. The zero-order valence-electron chi connectivity index (χ0n) is 18.8. The van der Waals surface area contributed by atoms with Gasteiger partial charge in [0, 0.05) is 19.2 Å². The highest BCUT2D eigenvalue weighted by molar-refractivity contribution is 5.99. The molecule has 2 amide bonds. The Morgan fingerprint density at radius 3 is 2.75 bits per heavy atom. The number of hydrogen-bond acceptors (Lipinski definition) is 5. The molecule has 0 radical (unpaired) electrons. The van der Waals surface area contributed by atoms with Gasteiger partial charge < -0.3 is 24.4 Å². The van der Waals surface area contributed by atoms with Gasteiger partial charge in [-0.25, -0.2) is 0 Å². The topological polar surface area (TPSA) is 77.1 Å². The summed E-state index contributed by atoms with van der Waals surface area (Å²) in [6.45, 7) is 7.43. The average Bonchev–Trinajstić information content (AvgIpc) is 2.91. The number of benzene rings is 2. The molecule has 1 unspecified atom stereocenters. The summed E-state index contributed by atoms with van der Waals surface area (Å²) in [6.07, 6.45) is 1.22. The van der Waals surface area contributed by atoms with Gasteiger partial charge in [-0.05, 0) is 48.1 Å². The Balaban J connectivity index is 0.00000306. The van der Waals surface area contributed by atoms with Crippen LogP contribution < -0.4 is 10.1 Å². The van der Waals surface area contributed by atoms with Crippen LogP contribution in [0.3, 0.4) is 0 Å². The maximum atomic E-state index is 13.4. The molecule has 1 atom stereocenters. The lowest BCUT2D eigenvalue weighted by molar-refractivity contribution is -0.131. The van der Waals surface area contributed by atoms with Crippen molar-refractivity contribution in [2.24, 2.45) is 0 Å². The van der Waals surface area contributed by atoms with E-state index in [0.717, 1.165) is 5.56 Å². The Hall–Kier alpha value is -2.90. The zero-order chi connectivity index (χ0) is 22.7. The minimum atomic E-state index is -0.592. The first-order chi connectivity index (χ1) is 15.3. The molecular formula is C25H32N2O5. The molecule has 1 N–H and O–H groups in total. The molecule has 172 valence electrons. The fraction of sp³-hybridized carbons (Fsp3) is 0.440. The third-order valence-corrected chi connectivity index (χ3v) is 5.82. The lowest BCUT2D eigenvalue weighted by Gasteiger charge is -2.30. The summed E-state index contributed by atoms with van der Waals surface area (Å²) >= 11 is 0. The minimum absolute atomic E-state index is 0. The molecule has 2 aromatic carbocycles. The SMILES string of the molecule is CC(C)(C)c1cccc(Oc2cccc3c2COCN(C2CCCOCNC2=O)C3=O)c1.[HH]. The van der Waals surface area contributed by atoms with Crippen LogP contribution in [0.4, 0.5) is 0 Å². The molecule has 32 heavy (non-hydrogen) atoms. The highest BCUT2D eigenvalue weighted by atomic mass is 16.5. The maximum absolute atomic E-state index is 13.4. The average molecular weight is 441 g/mol. The molecular weight excluding hydrogens is 408 g/mol. The number of nitrogens with zero attached hydrogens (tertiary/aromatic N) is 1. The van der Waals surface area contributed by atoms with E-state index in [4.69, 9.17) is 14.2 Å². The summed E-state index contributed by atoms with van der Waals surface area (Å²) in [7, 11) is 0. The number of nitrogens with one attached hydrogen (secondary N) is 1. The first kappa shape index (κ1) is 22.3. The smallest absolute Gasteiger partial charge is 0.256 e. The van der Waals surface area contributed by atoms with Gasteiger partial charge in [0.2, 0.25) is 5.91 Å². The van der Waals surface area contributed by atoms with E-state index in [1.807, 2.05) is 24.3 Å². The minimum Gasteiger partial charge on any atom is -0.457 e. The van der Waals surface area contributed by atoms with Crippen molar-refractivity contribution >= 4 is 11.8 Å². The second-order valence-electron chi connectivity index (χ2n) is 9.17. The molecule has 2 aliphatic heterocycles. The van der Waals surface area contributed by atoms with Crippen LogP contribution in [-0.4, -0.2) is 42.8 Å². The van der Waals surface area contributed by atoms with E-state index >= 15 is 0 Å². The molecule has 2 aromatic rings. The molecule has 0 aromatic heterocycles. The number of fused-ring (bicyclic) bond motifs is 1. The van der Waals surface area contributed by atoms with Gasteiger partial charge in [0.05, 0.1) is 6.61 Å². The van der Waals surface area contributed by atoms with Gasteiger partial charge in [-0.15, -0.1) is 0 Å². The van der Waals surface area contributed by atoms with Crippen LogP contribution >= 0.6 is 0 Å². The maximum Gasteiger partial charge on any atom is 0.256 e. The Morgan fingerprint density at radius 1 is 1.12 bits per heavy atom. The molecule has 0 saturated carbocycles. The van der Waals surface area contributed by atoms with Crippen LogP contribution in [0, 0.1) is 0 Å². The number of carbonyl (C=O) groups excluding carboxylic acids is 2. The van der Waals surface area contributed by atoms with Crippen molar-refractivity contribution in [3.05, 3.63) is 59.2 Å². The van der Waals surface area contributed by atoms with Gasteiger partial charge in [0.25, 0.3) is 5.91 Å².